The smallest absolute Gasteiger partial charge is 0.309 e. The van der Waals surface area contributed by atoms with E-state index in [-0.39, 0.29) is 29.0 Å². The van der Waals surface area contributed by atoms with Crippen LogP contribution in [0.15, 0.2) is 0 Å². The van der Waals surface area contributed by atoms with Crippen LogP contribution in [-0.2, 0) is 19.1 Å². The van der Waals surface area contributed by atoms with Crippen LogP contribution in [0.3, 0.4) is 0 Å². The molecule has 1 rings (SSSR count). The van der Waals surface area contributed by atoms with Crippen LogP contribution in [0.1, 0.15) is 53.4 Å². The average molecular weight is 270 g/mol. The lowest BCUT2D eigenvalue weighted by atomic mass is 9.74. The molecule has 0 unspecified atom stereocenters. The quantitative estimate of drug-likeness (QED) is 0.569. The second-order valence-electron chi connectivity index (χ2n) is 6.58. The maximum atomic E-state index is 11.9. The molecule has 0 amide bonds. The molecule has 0 spiro atoms. The van der Waals surface area contributed by atoms with Crippen LogP contribution in [0.2, 0.25) is 0 Å². The van der Waals surface area contributed by atoms with Crippen molar-refractivity contribution in [3.05, 3.63) is 0 Å². The fourth-order valence-electron chi connectivity index (χ4n) is 3.06. The zero-order chi connectivity index (χ0) is 14.7. The van der Waals surface area contributed by atoms with E-state index in [9.17, 15) is 9.59 Å². The number of methoxy groups -OCH3 is 1. The van der Waals surface area contributed by atoms with Crippen molar-refractivity contribution in [3.8, 4) is 0 Å². The Bertz CT molecular complexity index is 332. The van der Waals surface area contributed by atoms with E-state index >= 15 is 0 Å². The van der Waals surface area contributed by atoms with Crippen LogP contribution < -0.4 is 0 Å². The van der Waals surface area contributed by atoms with E-state index in [1.54, 1.807) is 0 Å². The van der Waals surface area contributed by atoms with Gasteiger partial charge in [-0.15, -0.1) is 0 Å². The Balaban J connectivity index is 2.92. The predicted molar refractivity (Wildman–Crippen MR) is 72.8 cm³/mol. The van der Waals surface area contributed by atoms with Crippen LogP contribution >= 0.6 is 0 Å². The molecule has 0 heterocycles. The van der Waals surface area contributed by atoms with Crippen LogP contribution in [0.4, 0.5) is 0 Å². The molecule has 4 heteroatoms. The van der Waals surface area contributed by atoms with Crippen molar-refractivity contribution < 1.29 is 19.1 Å². The molecule has 0 N–H and O–H groups in total. The first-order valence-electron chi connectivity index (χ1n) is 6.94. The Kier molecular flexibility index (Phi) is 5.13. The van der Waals surface area contributed by atoms with E-state index in [4.69, 9.17) is 9.47 Å². The zero-order valence-electron chi connectivity index (χ0n) is 12.7. The number of carbonyl (C=O) groups excluding carboxylic acids is 2. The lowest BCUT2D eigenvalue weighted by molar-refractivity contribution is -0.156. The van der Waals surface area contributed by atoms with Gasteiger partial charge in [0.1, 0.15) is 6.29 Å². The summed E-state index contributed by atoms with van der Waals surface area (Å²) in [4.78, 5) is 22.6. The van der Waals surface area contributed by atoms with Crippen molar-refractivity contribution in [2.45, 2.75) is 65.1 Å². The van der Waals surface area contributed by atoms with Gasteiger partial charge in [-0.2, -0.15) is 0 Å². The molecule has 0 radical (unpaired) electrons. The van der Waals surface area contributed by atoms with Gasteiger partial charge >= 0.3 is 5.97 Å². The van der Waals surface area contributed by atoms with Gasteiger partial charge < -0.3 is 14.3 Å². The highest BCUT2D eigenvalue weighted by Crippen LogP contribution is 2.49. The molecular formula is C15H26O4. The molecular weight excluding hydrogens is 244 g/mol. The van der Waals surface area contributed by atoms with Gasteiger partial charge in [0.2, 0.25) is 0 Å². The van der Waals surface area contributed by atoms with Crippen molar-refractivity contribution in [1.29, 1.82) is 0 Å². The highest BCUT2D eigenvalue weighted by Gasteiger charge is 2.51. The van der Waals surface area contributed by atoms with Crippen LogP contribution in [0.5, 0.6) is 0 Å². The van der Waals surface area contributed by atoms with E-state index < -0.39 is 0 Å². The molecule has 0 aromatic heterocycles. The molecule has 19 heavy (non-hydrogen) atoms. The van der Waals surface area contributed by atoms with Gasteiger partial charge in [0.15, 0.2) is 0 Å². The lowest BCUT2D eigenvalue weighted by Crippen LogP contribution is -2.41. The standard InChI is InChI=1S/C15H26O4/c1-14(2,3)19-12-8-7-11(13(17)18-5)15(12,4)9-6-10-16/h10-12H,6-9H2,1-5H3/t11-,12-,15-/m0/s1. The van der Waals surface area contributed by atoms with Gasteiger partial charge in [0.25, 0.3) is 0 Å². The zero-order valence-corrected chi connectivity index (χ0v) is 12.7. The van der Waals surface area contributed by atoms with Gasteiger partial charge in [-0.05, 0) is 40.0 Å². The Labute approximate surface area is 115 Å². The van der Waals surface area contributed by atoms with E-state index in [1.807, 2.05) is 27.7 Å². The maximum absolute atomic E-state index is 11.9. The van der Waals surface area contributed by atoms with E-state index in [0.717, 1.165) is 19.1 Å². The fourth-order valence-corrected chi connectivity index (χ4v) is 3.06. The van der Waals surface area contributed by atoms with Crippen molar-refractivity contribution in [2.75, 3.05) is 7.11 Å². The first-order chi connectivity index (χ1) is 8.74. The molecule has 1 aliphatic carbocycles. The van der Waals surface area contributed by atoms with E-state index in [0.29, 0.717) is 12.8 Å². The SMILES string of the molecule is COC(=O)[C@@H]1CC[C@H](OC(C)(C)C)[C@@]1(C)CCC=O. The topological polar surface area (TPSA) is 52.6 Å². The number of carbonyl (C=O) groups is 2. The summed E-state index contributed by atoms with van der Waals surface area (Å²) in [5.74, 6) is -0.363. The summed E-state index contributed by atoms with van der Waals surface area (Å²) in [5.41, 5.74) is -0.570. The summed E-state index contributed by atoms with van der Waals surface area (Å²) in [6.07, 6.45) is 3.63. The van der Waals surface area contributed by atoms with Gasteiger partial charge in [-0.1, -0.05) is 6.92 Å². The molecule has 1 fully saturated rings. The lowest BCUT2D eigenvalue weighted by Gasteiger charge is -2.38. The number of hydrogen-bond acceptors (Lipinski definition) is 4. The Morgan fingerprint density at radius 3 is 2.47 bits per heavy atom. The number of rotatable bonds is 5. The summed E-state index contributed by atoms with van der Waals surface area (Å²) < 4.78 is 11.0. The Hall–Kier alpha value is -0.900. The molecule has 3 atom stereocenters. The number of aldehydes is 1. The van der Waals surface area contributed by atoms with Crippen molar-refractivity contribution >= 4 is 12.3 Å². The fraction of sp³-hybridized carbons (Fsp3) is 0.867. The maximum Gasteiger partial charge on any atom is 0.309 e. The second kappa shape index (κ2) is 6.04. The van der Waals surface area contributed by atoms with E-state index in [1.165, 1.54) is 7.11 Å². The predicted octanol–water partition coefficient (Wildman–Crippen LogP) is 2.74. The molecule has 0 bridgehead atoms. The number of ether oxygens (including phenoxy) is 2. The Morgan fingerprint density at radius 2 is 2.00 bits per heavy atom. The van der Waals surface area contributed by atoms with Crippen LogP contribution in [0.25, 0.3) is 0 Å². The third-order valence-corrected chi connectivity index (χ3v) is 4.03. The third kappa shape index (κ3) is 3.78. The normalized spacial score (nSPS) is 31.2. The van der Waals surface area contributed by atoms with Crippen molar-refractivity contribution in [2.24, 2.45) is 11.3 Å². The average Bonchev–Trinajstić information content (AvgIpc) is 2.62. The molecule has 0 aliphatic heterocycles. The molecule has 4 nitrogen and oxygen atoms in total. The third-order valence-electron chi connectivity index (χ3n) is 4.03. The van der Waals surface area contributed by atoms with Gasteiger partial charge in [0.05, 0.1) is 24.7 Å². The molecule has 1 aliphatic rings. The van der Waals surface area contributed by atoms with Crippen molar-refractivity contribution in [1.82, 2.24) is 0 Å². The van der Waals surface area contributed by atoms with Crippen molar-refractivity contribution in [3.63, 3.8) is 0 Å². The van der Waals surface area contributed by atoms with E-state index in [2.05, 4.69) is 0 Å². The summed E-state index contributed by atoms with van der Waals surface area (Å²) in [6.45, 7) is 8.08. The summed E-state index contributed by atoms with van der Waals surface area (Å²) in [7, 11) is 1.42. The monoisotopic (exact) mass is 270 g/mol. The molecule has 0 aromatic carbocycles. The number of hydrogen-bond donors (Lipinski definition) is 0. The first kappa shape index (κ1) is 16.2. The summed E-state index contributed by atoms with van der Waals surface area (Å²) in [5, 5.41) is 0. The van der Waals surface area contributed by atoms with Gasteiger partial charge in [-0.25, -0.2) is 0 Å². The summed E-state index contributed by atoms with van der Waals surface area (Å²) >= 11 is 0. The van der Waals surface area contributed by atoms with Crippen LogP contribution in [0, 0.1) is 11.3 Å². The van der Waals surface area contributed by atoms with Crippen LogP contribution in [-0.4, -0.2) is 31.1 Å². The molecule has 110 valence electrons. The minimum atomic E-state index is -0.318. The minimum Gasteiger partial charge on any atom is -0.469 e. The molecule has 0 aromatic rings. The minimum absolute atomic E-state index is 0.00319. The molecule has 1 saturated carbocycles. The highest BCUT2D eigenvalue weighted by molar-refractivity contribution is 5.74. The highest BCUT2D eigenvalue weighted by atomic mass is 16.5. The second-order valence-corrected chi connectivity index (χ2v) is 6.58. The van der Waals surface area contributed by atoms with Gasteiger partial charge in [-0.3, -0.25) is 4.79 Å². The number of esters is 1. The largest absolute Gasteiger partial charge is 0.469 e. The Morgan fingerprint density at radius 1 is 1.37 bits per heavy atom. The first-order valence-corrected chi connectivity index (χ1v) is 6.94. The summed E-state index contributed by atoms with van der Waals surface area (Å²) in [6, 6.07) is 0. The van der Waals surface area contributed by atoms with Gasteiger partial charge in [0, 0.05) is 11.8 Å². The molecule has 0 saturated heterocycles.